The van der Waals surface area contributed by atoms with Gasteiger partial charge in [0, 0.05) is 23.7 Å². The van der Waals surface area contributed by atoms with E-state index < -0.39 is 22.1 Å². The van der Waals surface area contributed by atoms with Crippen LogP contribution in [0, 0.1) is 15.9 Å². The number of rotatable bonds is 1. The van der Waals surface area contributed by atoms with Crippen molar-refractivity contribution >= 4 is 16.6 Å². The predicted octanol–water partition coefficient (Wildman–Crippen LogP) is 0.970. The third-order valence-corrected chi connectivity index (χ3v) is 1.88. The second kappa shape index (κ2) is 3.12. The molecule has 0 saturated heterocycles. The van der Waals surface area contributed by atoms with Crippen LogP contribution in [0.15, 0.2) is 23.1 Å². The zero-order chi connectivity index (χ0) is 11.0. The number of nitro benzene ring substituents is 1. The standard InChI is InChI=1S/C8H4FN3O3/c9-5-2-6-4(1-7(5)12(14)15)3-10-8(13)11-6/h1-3H,(H,10,11,13). The summed E-state index contributed by atoms with van der Waals surface area (Å²) >= 11 is 0. The van der Waals surface area contributed by atoms with E-state index in [4.69, 9.17) is 0 Å². The molecular formula is C8H4FN3O3. The van der Waals surface area contributed by atoms with E-state index >= 15 is 0 Å². The Morgan fingerprint density at radius 1 is 1.47 bits per heavy atom. The first-order valence-corrected chi connectivity index (χ1v) is 3.91. The van der Waals surface area contributed by atoms with Crippen molar-refractivity contribution in [1.29, 1.82) is 0 Å². The van der Waals surface area contributed by atoms with Crippen molar-refractivity contribution in [2.24, 2.45) is 0 Å². The van der Waals surface area contributed by atoms with Crippen LogP contribution >= 0.6 is 0 Å². The summed E-state index contributed by atoms with van der Waals surface area (Å²) in [7, 11) is 0. The van der Waals surface area contributed by atoms with Crippen LogP contribution < -0.4 is 5.69 Å². The molecule has 0 aliphatic heterocycles. The highest BCUT2D eigenvalue weighted by Gasteiger charge is 2.15. The van der Waals surface area contributed by atoms with Crippen molar-refractivity contribution in [2.45, 2.75) is 0 Å². The second-order valence-electron chi connectivity index (χ2n) is 2.84. The Hall–Kier alpha value is -2.31. The fourth-order valence-electron chi connectivity index (χ4n) is 1.21. The van der Waals surface area contributed by atoms with Gasteiger partial charge in [-0.15, -0.1) is 0 Å². The maximum Gasteiger partial charge on any atom is 0.345 e. The van der Waals surface area contributed by atoms with Gasteiger partial charge in [0.1, 0.15) is 0 Å². The molecule has 1 aromatic heterocycles. The van der Waals surface area contributed by atoms with E-state index in [0.717, 1.165) is 18.3 Å². The summed E-state index contributed by atoms with van der Waals surface area (Å²) in [5.74, 6) is -0.991. The first-order chi connectivity index (χ1) is 7.08. The lowest BCUT2D eigenvalue weighted by atomic mass is 10.2. The van der Waals surface area contributed by atoms with Crippen molar-refractivity contribution in [3.63, 3.8) is 0 Å². The molecule has 1 heterocycles. The van der Waals surface area contributed by atoms with Crippen molar-refractivity contribution in [3.05, 3.63) is 44.7 Å². The number of H-pyrrole nitrogens is 1. The normalized spacial score (nSPS) is 10.5. The molecule has 0 radical (unpaired) electrons. The molecule has 15 heavy (non-hydrogen) atoms. The molecule has 0 aliphatic carbocycles. The predicted molar refractivity (Wildman–Crippen MR) is 49.0 cm³/mol. The molecule has 0 spiro atoms. The Labute approximate surface area is 81.5 Å². The quantitative estimate of drug-likeness (QED) is 0.559. The molecule has 1 aromatic carbocycles. The number of aromatic nitrogens is 2. The van der Waals surface area contributed by atoms with Gasteiger partial charge in [-0.2, -0.15) is 4.39 Å². The summed E-state index contributed by atoms with van der Waals surface area (Å²) in [6.45, 7) is 0. The van der Waals surface area contributed by atoms with Crippen LogP contribution in [0.25, 0.3) is 10.9 Å². The smallest absolute Gasteiger partial charge is 0.305 e. The average molecular weight is 209 g/mol. The monoisotopic (exact) mass is 209 g/mol. The summed E-state index contributed by atoms with van der Waals surface area (Å²) in [4.78, 5) is 26.0. The van der Waals surface area contributed by atoms with Crippen LogP contribution in [0.2, 0.25) is 0 Å². The van der Waals surface area contributed by atoms with Gasteiger partial charge in [0.15, 0.2) is 0 Å². The van der Waals surface area contributed by atoms with Crippen molar-refractivity contribution in [3.8, 4) is 0 Å². The van der Waals surface area contributed by atoms with Crippen LogP contribution in [0.5, 0.6) is 0 Å². The van der Waals surface area contributed by atoms with Gasteiger partial charge in [-0.05, 0) is 0 Å². The summed E-state index contributed by atoms with van der Waals surface area (Å²) in [5.41, 5.74) is -1.09. The molecule has 0 aliphatic rings. The van der Waals surface area contributed by atoms with Gasteiger partial charge in [-0.3, -0.25) is 10.1 Å². The largest absolute Gasteiger partial charge is 0.345 e. The van der Waals surface area contributed by atoms with Gasteiger partial charge in [-0.25, -0.2) is 9.78 Å². The highest BCUT2D eigenvalue weighted by molar-refractivity contribution is 5.80. The number of nitrogens with zero attached hydrogens (tertiary/aromatic N) is 2. The molecule has 2 rings (SSSR count). The van der Waals surface area contributed by atoms with E-state index in [2.05, 4.69) is 9.97 Å². The van der Waals surface area contributed by atoms with Gasteiger partial charge < -0.3 is 4.98 Å². The molecule has 76 valence electrons. The highest BCUT2D eigenvalue weighted by atomic mass is 19.1. The summed E-state index contributed by atoms with van der Waals surface area (Å²) in [6, 6.07) is 1.92. The Balaban J connectivity index is 2.82. The van der Waals surface area contributed by atoms with Crippen molar-refractivity contribution < 1.29 is 9.31 Å². The zero-order valence-electron chi connectivity index (χ0n) is 7.23. The summed E-state index contributed by atoms with van der Waals surface area (Å²) < 4.78 is 13.1. The Kier molecular flexibility index (Phi) is 1.93. The average Bonchev–Trinajstić information content (AvgIpc) is 2.15. The molecule has 1 N–H and O–H groups in total. The maximum atomic E-state index is 13.1. The number of nitro groups is 1. The summed E-state index contributed by atoms with van der Waals surface area (Å²) in [5, 5.41) is 10.7. The Morgan fingerprint density at radius 3 is 2.87 bits per heavy atom. The Bertz CT molecular complexity index is 608. The minimum Gasteiger partial charge on any atom is -0.305 e. The molecule has 2 aromatic rings. The number of hydrogen-bond acceptors (Lipinski definition) is 4. The van der Waals surface area contributed by atoms with Gasteiger partial charge in [0.05, 0.1) is 10.4 Å². The van der Waals surface area contributed by atoms with Crippen molar-refractivity contribution in [1.82, 2.24) is 9.97 Å². The van der Waals surface area contributed by atoms with Gasteiger partial charge >= 0.3 is 11.4 Å². The lowest BCUT2D eigenvalue weighted by Crippen LogP contribution is -2.08. The Morgan fingerprint density at radius 2 is 2.20 bits per heavy atom. The number of halogens is 1. The zero-order valence-corrected chi connectivity index (χ0v) is 7.23. The minimum atomic E-state index is -0.991. The van der Waals surface area contributed by atoms with Crippen molar-refractivity contribution in [2.75, 3.05) is 0 Å². The third kappa shape index (κ3) is 1.54. The molecule has 7 heteroatoms. The van der Waals surface area contributed by atoms with E-state index in [9.17, 15) is 19.3 Å². The van der Waals surface area contributed by atoms with Gasteiger partial charge in [0.2, 0.25) is 5.82 Å². The number of nitrogens with one attached hydrogen (secondary N) is 1. The SMILES string of the molecule is O=c1ncc2cc([N+](=O)[O-])c(F)cc2[nH]1. The van der Waals surface area contributed by atoms with Crippen LogP contribution in [0.3, 0.4) is 0 Å². The molecule has 6 nitrogen and oxygen atoms in total. The molecule has 0 fully saturated rings. The van der Waals surface area contributed by atoms with E-state index in [1.165, 1.54) is 0 Å². The van der Waals surface area contributed by atoms with Gasteiger partial charge in [-0.1, -0.05) is 0 Å². The van der Waals surface area contributed by atoms with Crippen LogP contribution in [0.4, 0.5) is 10.1 Å². The molecule has 0 amide bonds. The number of aromatic amines is 1. The van der Waals surface area contributed by atoms with E-state index in [1.54, 1.807) is 0 Å². The van der Waals surface area contributed by atoms with Crippen LogP contribution in [0.1, 0.15) is 0 Å². The highest BCUT2D eigenvalue weighted by Crippen LogP contribution is 2.21. The maximum absolute atomic E-state index is 13.1. The van der Waals surface area contributed by atoms with E-state index in [-0.39, 0.29) is 5.52 Å². The first-order valence-electron chi connectivity index (χ1n) is 3.91. The van der Waals surface area contributed by atoms with E-state index in [1.807, 2.05) is 0 Å². The molecule has 0 atom stereocenters. The van der Waals surface area contributed by atoms with Gasteiger partial charge in [0.25, 0.3) is 0 Å². The molecule has 0 unspecified atom stereocenters. The molecule has 0 saturated carbocycles. The fourth-order valence-corrected chi connectivity index (χ4v) is 1.21. The minimum absolute atomic E-state index is 0.179. The summed E-state index contributed by atoms with van der Waals surface area (Å²) in [6.07, 6.45) is 1.15. The molecular weight excluding hydrogens is 205 g/mol. The third-order valence-electron chi connectivity index (χ3n) is 1.88. The number of benzene rings is 1. The first kappa shape index (κ1) is 9.25. The lowest BCUT2D eigenvalue weighted by Gasteiger charge is -1.97. The number of fused-ring (bicyclic) bond motifs is 1. The second-order valence-corrected chi connectivity index (χ2v) is 2.84. The van der Waals surface area contributed by atoms with Crippen LogP contribution in [-0.4, -0.2) is 14.9 Å². The lowest BCUT2D eigenvalue weighted by molar-refractivity contribution is -0.387. The molecule has 0 bridgehead atoms. The number of hydrogen-bond donors (Lipinski definition) is 1. The van der Waals surface area contributed by atoms with E-state index in [0.29, 0.717) is 5.39 Å². The van der Waals surface area contributed by atoms with Crippen LogP contribution in [-0.2, 0) is 0 Å². The fraction of sp³-hybridized carbons (Fsp3) is 0. The topological polar surface area (TPSA) is 88.9 Å².